The van der Waals surface area contributed by atoms with Gasteiger partial charge in [0.2, 0.25) is 5.91 Å². The first-order valence-corrected chi connectivity index (χ1v) is 10.7. The number of thiazole rings is 1. The summed E-state index contributed by atoms with van der Waals surface area (Å²) in [6.45, 7) is 0.460. The van der Waals surface area contributed by atoms with E-state index in [0.717, 1.165) is 22.4 Å². The van der Waals surface area contributed by atoms with Crippen molar-refractivity contribution in [3.05, 3.63) is 99.6 Å². The summed E-state index contributed by atoms with van der Waals surface area (Å²) < 4.78 is 0. The highest BCUT2D eigenvalue weighted by atomic mass is 32.1. The molecule has 156 valence electrons. The minimum Gasteiger partial charge on any atom is -0.327 e. The molecule has 0 fully saturated rings. The predicted molar refractivity (Wildman–Crippen MR) is 122 cm³/mol. The van der Waals surface area contributed by atoms with Gasteiger partial charge in [-0.05, 0) is 35.7 Å². The molecule has 0 radical (unpaired) electrons. The highest BCUT2D eigenvalue weighted by Gasteiger charge is 2.20. The van der Waals surface area contributed by atoms with Crippen molar-refractivity contribution in [2.24, 2.45) is 0 Å². The molecule has 0 aliphatic heterocycles. The second-order valence-corrected chi connectivity index (χ2v) is 7.68. The van der Waals surface area contributed by atoms with E-state index in [0.29, 0.717) is 13.0 Å². The number of nitrogens with one attached hydrogen (secondary N) is 3. The molecule has 7 nitrogen and oxygen atoms in total. The summed E-state index contributed by atoms with van der Waals surface area (Å²) in [5.74, 6) is -0.281. The fourth-order valence-corrected chi connectivity index (χ4v) is 3.73. The predicted octanol–water partition coefficient (Wildman–Crippen LogP) is 3.23. The second kappa shape index (κ2) is 9.92. The van der Waals surface area contributed by atoms with Gasteiger partial charge in [0, 0.05) is 36.1 Å². The van der Waals surface area contributed by atoms with Gasteiger partial charge in [-0.3, -0.25) is 19.9 Å². The number of hydrogen-bond acceptors (Lipinski definition) is 6. The van der Waals surface area contributed by atoms with Gasteiger partial charge in [-0.1, -0.05) is 30.3 Å². The van der Waals surface area contributed by atoms with Crippen LogP contribution in [0.5, 0.6) is 0 Å². The van der Waals surface area contributed by atoms with Crippen LogP contribution in [0.15, 0.2) is 82.8 Å². The van der Waals surface area contributed by atoms with Gasteiger partial charge in [0.15, 0.2) is 0 Å². The number of H-pyrrole nitrogens is 1. The highest BCUT2D eigenvalue weighted by Crippen LogP contribution is 2.19. The van der Waals surface area contributed by atoms with Crippen molar-refractivity contribution in [3.8, 4) is 11.1 Å². The molecule has 0 spiro atoms. The number of anilines is 1. The first-order chi connectivity index (χ1) is 15.2. The molecule has 1 atom stereocenters. The lowest BCUT2D eigenvalue weighted by molar-refractivity contribution is -0.118. The molecular formula is C23H21N5O2S. The molecule has 0 unspecified atom stereocenters. The fraction of sp³-hybridized carbons (Fsp3) is 0.130. The van der Waals surface area contributed by atoms with Gasteiger partial charge in [-0.25, -0.2) is 4.98 Å². The number of pyridine rings is 2. The van der Waals surface area contributed by atoms with Crippen LogP contribution >= 0.6 is 11.3 Å². The lowest BCUT2D eigenvalue weighted by Gasteiger charge is -2.18. The van der Waals surface area contributed by atoms with Gasteiger partial charge in [0.05, 0.1) is 17.2 Å². The number of aromatic nitrogens is 3. The summed E-state index contributed by atoms with van der Waals surface area (Å²) >= 11 is 1.51. The third-order valence-electron chi connectivity index (χ3n) is 4.79. The van der Waals surface area contributed by atoms with E-state index < -0.39 is 6.04 Å². The second-order valence-electron chi connectivity index (χ2n) is 6.96. The first-order valence-electron chi connectivity index (χ1n) is 9.77. The summed E-state index contributed by atoms with van der Waals surface area (Å²) in [5, 5.41) is 8.00. The van der Waals surface area contributed by atoms with Crippen molar-refractivity contribution in [3.63, 3.8) is 0 Å². The minimum atomic E-state index is -0.534. The zero-order valence-electron chi connectivity index (χ0n) is 16.6. The lowest BCUT2D eigenvalue weighted by atomic mass is 10.0. The molecule has 0 aliphatic rings. The maximum atomic E-state index is 13.1. The van der Waals surface area contributed by atoms with E-state index in [2.05, 4.69) is 25.6 Å². The van der Waals surface area contributed by atoms with Crippen molar-refractivity contribution in [2.75, 3.05) is 5.32 Å². The maximum Gasteiger partial charge on any atom is 0.271 e. The number of carbonyl (C=O) groups is 1. The molecule has 0 aliphatic carbocycles. The summed E-state index contributed by atoms with van der Waals surface area (Å²) in [5.41, 5.74) is 5.17. The third-order valence-corrected chi connectivity index (χ3v) is 5.42. The van der Waals surface area contributed by atoms with Crippen LogP contribution in [0.25, 0.3) is 11.1 Å². The Balaban J connectivity index is 1.54. The molecule has 0 bridgehead atoms. The monoisotopic (exact) mass is 431 g/mol. The van der Waals surface area contributed by atoms with Gasteiger partial charge < -0.3 is 10.3 Å². The average Bonchev–Trinajstić information content (AvgIpc) is 3.33. The Kier molecular flexibility index (Phi) is 6.61. The van der Waals surface area contributed by atoms with Crippen molar-refractivity contribution >= 4 is 22.9 Å². The molecule has 0 saturated heterocycles. The lowest BCUT2D eigenvalue weighted by Crippen LogP contribution is -2.42. The summed E-state index contributed by atoms with van der Waals surface area (Å²) in [6, 6.07) is 14.6. The summed E-state index contributed by atoms with van der Waals surface area (Å²) in [6.07, 6.45) is 5.46. The highest BCUT2D eigenvalue weighted by molar-refractivity contribution is 7.07. The van der Waals surface area contributed by atoms with Crippen LogP contribution in [0.4, 0.5) is 5.69 Å². The topological polar surface area (TPSA) is 99.8 Å². The first kappa shape index (κ1) is 20.6. The van der Waals surface area contributed by atoms with Gasteiger partial charge in [0.1, 0.15) is 5.69 Å². The van der Waals surface area contributed by atoms with Crippen molar-refractivity contribution in [1.29, 1.82) is 0 Å². The molecule has 3 heterocycles. The van der Waals surface area contributed by atoms with Crippen LogP contribution in [0, 0.1) is 0 Å². The quantitative estimate of drug-likeness (QED) is 0.398. The van der Waals surface area contributed by atoms with E-state index in [4.69, 9.17) is 0 Å². The molecule has 4 aromatic rings. The van der Waals surface area contributed by atoms with Crippen LogP contribution in [0.3, 0.4) is 0 Å². The Morgan fingerprint density at radius 3 is 2.65 bits per heavy atom. The maximum absolute atomic E-state index is 13.1. The molecule has 0 saturated carbocycles. The standard InChI is InChI=1S/C23H21N5O2S/c29-22-21(11-18(12-26-22)17-6-8-24-9-7-17)28-23(30)20(10-16-4-2-1-3-5-16)25-13-19-14-31-15-27-19/h1-9,11-12,14-15,20,25H,10,13H2,(H,26,29)(H,28,30)/t20-/m0/s1. The Hall–Kier alpha value is -3.62. The number of amides is 1. The van der Waals surface area contributed by atoms with Crippen molar-refractivity contribution in [1.82, 2.24) is 20.3 Å². The summed E-state index contributed by atoms with van der Waals surface area (Å²) in [7, 11) is 0. The number of carbonyl (C=O) groups excluding carboxylic acids is 1. The number of hydrogen-bond donors (Lipinski definition) is 3. The molecule has 8 heteroatoms. The van der Waals surface area contributed by atoms with Crippen LogP contribution in [-0.2, 0) is 17.8 Å². The fourth-order valence-electron chi connectivity index (χ4n) is 3.17. The number of benzene rings is 1. The SMILES string of the molecule is O=C(Nc1cc(-c2ccncc2)c[nH]c1=O)[C@H](Cc1ccccc1)NCc1cscn1. The van der Waals surface area contributed by atoms with Crippen LogP contribution in [-0.4, -0.2) is 26.9 Å². The van der Waals surface area contributed by atoms with Crippen molar-refractivity contribution in [2.45, 2.75) is 19.0 Å². The average molecular weight is 432 g/mol. The zero-order valence-corrected chi connectivity index (χ0v) is 17.4. The van der Waals surface area contributed by atoms with Crippen molar-refractivity contribution < 1.29 is 4.79 Å². The molecule has 3 N–H and O–H groups in total. The van der Waals surface area contributed by atoms with E-state index >= 15 is 0 Å². The minimum absolute atomic E-state index is 0.202. The number of nitrogens with zero attached hydrogens (tertiary/aromatic N) is 2. The van der Waals surface area contributed by atoms with E-state index in [1.54, 1.807) is 30.2 Å². The van der Waals surface area contributed by atoms with Gasteiger partial charge in [-0.15, -0.1) is 11.3 Å². The van der Waals surface area contributed by atoms with Crippen LogP contribution in [0.1, 0.15) is 11.3 Å². The summed E-state index contributed by atoms with van der Waals surface area (Å²) in [4.78, 5) is 36.4. The third kappa shape index (κ3) is 5.50. The molecule has 4 rings (SSSR count). The van der Waals surface area contributed by atoms with Gasteiger partial charge in [-0.2, -0.15) is 0 Å². The molecule has 1 amide bonds. The Morgan fingerprint density at radius 1 is 1.10 bits per heavy atom. The Labute approximate surface area is 183 Å². The molecular weight excluding hydrogens is 410 g/mol. The van der Waals surface area contributed by atoms with Gasteiger partial charge in [0.25, 0.3) is 5.56 Å². The van der Waals surface area contributed by atoms with E-state index in [1.807, 2.05) is 47.8 Å². The molecule has 3 aromatic heterocycles. The smallest absolute Gasteiger partial charge is 0.271 e. The van der Waals surface area contributed by atoms with Gasteiger partial charge >= 0.3 is 0 Å². The van der Waals surface area contributed by atoms with Crippen LogP contribution < -0.4 is 16.2 Å². The number of rotatable bonds is 8. The molecule has 31 heavy (non-hydrogen) atoms. The molecule has 1 aromatic carbocycles. The van der Waals surface area contributed by atoms with Crippen LogP contribution in [0.2, 0.25) is 0 Å². The van der Waals surface area contributed by atoms with E-state index in [9.17, 15) is 9.59 Å². The number of aromatic amines is 1. The zero-order chi connectivity index (χ0) is 21.5. The largest absolute Gasteiger partial charge is 0.327 e. The van der Waals surface area contributed by atoms with E-state index in [-0.39, 0.29) is 17.2 Å². The van der Waals surface area contributed by atoms with E-state index in [1.165, 1.54) is 11.3 Å². The normalized spacial score (nSPS) is 11.7. The Bertz CT molecular complexity index is 1180. The Morgan fingerprint density at radius 2 is 1.90 bits per heavy atom.